The number of hydrogen-bond donors (Lipinski definition) is 11. The van der Waals surface area contributed by atoms with Gasteiger partial charge in [0, 0.05) is 0 Å². The van der Waals surface area contributed by atoms with E-state index in [4.69, 9.17) is 23.7 Å². The van der Waals surface area contributed by atoms with Crippen LogP contribution in [-0.4, -0.2) is 168 Å². The molecule has 16 nitrogen and oxygen atoms in total. The standard InChI is InChI=1S/C18H32O16/c19-1-4-7(22)9(24)12(27)17(31-4)34-15-8(23)5(2-20)32-18(13(15)28)33-14-6(3-21)30-16(29)11(26)10(14)25/h4-29H,1-3H2/t4-,5-,6-,7+,8+,9+,10-,11+,12-,13-,14-,15+,16-,17+,18+/m1/s1. The van der Waals surface area contributed by atoms with E-state index >= 15 is 0 Å². The van der Waals surface area contributed by atoms with Gasteiger partial charge in [-0.3, -0.25) is 0 Å². The maximum Gasteiger partial charge on any atom is 0.187 e. The summed E-state index contributed by atoms with van der Waals surface area (Å²) in [5.41, 5.74) is 0. The summed E-state index contributed by atoms with van der Waals surface area (Å²) in [7, 11) is 0. The van der Waals surface area contributed by atoms with E-state index in [2.05, 4.69) is 0 Å². The average Bonchev–Trinajstić information content (AvgIpc) is 2.83. The van der Waals surface area contributed by atoms with Crippen LogP contribution in [0.25, 0.3) is 0 Å². The van der Waals surface area contributed by atoms with Crippen molar-refractivity contribution in [2.45, 2.75) is 92.1 Å². The van der Waals surface area contributed by atoms with Crippen LogP contribution in [0, 0.1) is 0 Å². The first-order chi connectivity index (χ1) is 16.0. The molecule has 0 spiro atoms. The Bertz CT molecular complexity index is 637. The van der Waals surface area contributed by atoms with Gasteiger partial charge in [0.2, 0.25) is 0 Å². The summed E-state index contributed by atoms with van der Waals surface area (Å²) in [6.07, 6.45) is -25.4. The molecule has 0 saturated carbocycles. The molecule has 11 N–H and O–H groups in total. The highest BCUT2D eigenvalue weighted by Gasteiger charge is 2.53. The van der Waals surface area contributed by atoms with Gasteiger partial charge < -0.3 is 79.9 Å². The van der Waals surface area contributed by atoms with Crippen LogP contribution >= 0.6 is 0 Å². The minimum Gasteiger partial charge on any atom is -0.394 e. The molecular formula is C18H32O16. The Labute approximate surface area is 192 Å². The number of aliphatic hydroxyl groups excluding tert-OH is 11. The predicted molar refractivity (Wildman–Crippen MR) is 101 cm³/mol. The molecule has 3 rings (SSSR count). The molecule has 3 fully saturated rings. The van der Waals surface area contributed by atoms with E-state index in [0.717, 1.165) is 0 Å². The zero-order valence-electron chi connectivity index (χ0n) is 17.7. The monoisotopic (exact) mass is 504 g/mol. The van der Waals surface area contributed by atoms with Gasteiger partial charge in [-0.15, -0.1) is 0 Å². The molecule has 15 atom stereocenters. The number of ether oxygens (including phenoxy) is 5. The second-order valence-corrected chi connectivity index (χ2v) is 8.33. The van der Waals surface area contributed by atoms with Crippen molar-refractivity contribution in [1.82, 2.24) is 0 Å². The third-order valence-corrected chi connectivity index (χ3v) is 6.09. The molecule has 3 saturated heterocycles. The molecule has 0 aromatic heterocycles. The van der Waals surface area contributed by atoms with Gasteiger partial charge in [0.15, 0.2) is 18.9 Å². The number of aliphatic hydroxyl groups is 11. The maximum atomic E-state index is 10.8. The van der Waals surface area contributed by atoms with E-state index in [1.807, 2.05) is 0 Å². The Morgan fingerprint density at radius 3 is 1.50 bits per heavy atom. The summed E-state index contributed by atoms with van der Waals surface area (Å²) in [5, 5.41) is 109. The van der Waals surface area contributed by atoms with Crippen LogP contribution in [0.15, 0.2) is 0 Å². The summed E-state index contributed by atoms with van der Waals surface area (Å²) in [5.74, 6) is 0. The van der Waals surface area contributed by atoms with Crippen molar-refractivity contribution in [3.05, 3.63) is 0 Å². The molecular weight excluding hydrogens is 472 g/mol. The first-order valence-electron chi connectivity index (χ1n) is 10.6. The SMILES string of the molecule is OC[C@H]1O[C@@H](O[C@H]2[C@@H](O)[C@@H](CO)O[C@@H](O[C@H]3[C@H](O)[C@H](O)[C@H](O)O[C@@H]3CO)[C@@H]2O)[C@H](O)[C@@H](O)[C@H]1O. The molecule has 0 bridgehead atoms. The summed E-state index contributed by atoms with van der Waals surface area (Å²) >= 11 is 0. The van der Waals surface area contributed by atoms with E-state index in [-0.39, 0.29) is 0 Å². The van der Waals surface area contributed by atoms with Crippen LogP contribution in [0.1, 0.15) is 0 Å². The van der Waals surface area contributed by atoms with E-state index in [0.29, 0.717) is 0 Å². The molecule has 0 radical (unpaired) electrons. The lowest BCUT2D eigenvalue weighted by Crippen LogP contribution is -2.66. The molecule has 16 heteroatoms. The van der Waals surface area contributed by atoms with Crippen molar-refractivity contribution < 1.29 is 79.9 Å². The van der Waals surface area contributed by atoms with E-state index in [9.17, 15) is 56.2 Å². The molecule has 0 aromatic rings. The lowest BCUT2D eigenvalue weighted by Gasteiger charge is -2.47. The van der Waals surface area contributed by atoms with Crippen molar-refractivity contribution >= 4 is 0 Å². The fraction of sp³-hybridized carbons (Fsp3) is 1.00. The zero-order chi connectivity index (χ0) is 25.3. The normalized spacial score (nSPS) is 52.5. The van der Waals surface area contributed by atoms with Crippen LogP contribution in [0.5, 0.6) is 0 Å². The van der Waals surface area contributed by atoms with Crippen molar-refractivity contribution in [2.75, 3.05) is 19.8 Å². The summed E-state index contributed by atoms with van der Waals surface area (Å²) in [4.78, 5) is 0. The van der Waals surface area contributed by atoms with Crippen molar-refractivity contribution in [1.29, 1.82) is 0 Å². The van der Waals surface area contributed by atoms with Gasteiger partial charge in [-0.1, -0.05) is 0 Å². The largest absolute Gasteiger partial charge is 0.394 e. The van der Waals surface area contributed by atoms with Gasteiger partial charge in [0.1, 0.15) is 73.2 Å². The average molecular weight is 504 g/mol. The Morgan fingerprint density at radius 2 is 0.941 bits per heavy atom. The van der Waals surface area contributed by atoms with Crippen LogP contribution in [0.3, 0.4) is 0 Å². The van der Waals surface area contributed by atoms with E-state index < -0.39 is 112 Å². The van der Waals surface area contributed by atoms with Gasteiger partial charge in [-0.05, 0) is 0 Å². The Morgan fingerprint density at radius 1 is 0.441 bits per heavy atom. The summed E-state index contributed by atoms with van der Waals surface area (Å²) < 4.78 is 26.4. The summed E-state index contributed by atoms with van der Waals surface area (Å²) in [6, 6.07) is 0. The van der Waals surface area contributed by atoms with Gasteiger partial charge in [-0.25, -0.2) is 0 Å². The third kappa shape index (κ3) is 5.37. The second-order valence-electron chi connectivity index (χ2n) is 8.33. The fourth-order valence-electron chi connectivity index (χ4n) is 4.05. The molecule has 3 aliphatic heterocycles. The Balaban J connectivity index is 1.78. The zero-order valence-corrected chi connectivity index (χ0v) is 17.7. The smallest absolute Gasteiger partial charge is 0.187 e. The Kier molecular flexibility index (Phi) is 9.54. The molecule has 200 valence electrons. The van der Waals surface area contributed by atoms with Crippen molar-refractivity contribution in [3.63, 3.8) is 0 Å². The second kappa shape index (κ2) is 11.6. The maximum absolute atomic E-state index is 10.8. The molecule has 3 aliphatic rings. The fourth-order valence-corrected chi connectivity index (χ4v) is 4.05. The van der Waals surface area contributed by atoms with Gasteiger partial charge in [0.05, 0.1) is 19.8 Å². The highest BCUT2D eigenvalue weighted by molar-refractivity contribution is 4.96. The highest BCUT2D eigenvalue weighted by Crippen LogP contribution is 2.32. The lowest BCUT2D eigenvalue weighted by atomic mass is 9.96. The van der Waals surface area contributed by atoms with Gasteiger partial charge >= 0.3 is 0 Å². The van der Waals surface area contributed by atoms with E-state index in [1.54, 1.807) is 0 Å². The molecule has 34 heavy (non-hydrogen) atoms. The molecule has 0 unspecified atom stereocenters. The number of rotatable bonds is 7. The lowest BCUT2D eigenvalue weighted by molar-refractivity contribution is -0.378. The van der Waals surface area contributed by atoms with Crippen molar-refractivity contribution in [3.8, 4) is 0 Å². The molecule has 0 aromatic carbocycles. The molecule has 0 amide bonds. The first kappa shape index (κ1) is 27.9. The van der Waals surface area contributed by atoms with Crippen LogP contribution in [-0.2, 0) is 23.7 Å². The first-order valence-corrected chi connectivity index (χ1v) is 10.6. The predicted octanol–water partition coefficient (Wildman–Crippen LogP) is -7.57. The third-order valence-electron chi connectivity index (χ3n) is 6.09. The van der Waals surface area contributed by atoms with Gasteiger partial charge in [0.25, 0.3) is 0 Å². The molecule has 0 aliphatic carbocycles. The quantitative estimate of drug-likeness (QED) is 0.154. The minimum absolute atomic E-state index is 0.759. The van der Waals surface area contributed by atoms with Crippen molar-refractivity contribution in [2.24, 2.45) is 0 Å². The van der Waals surface area contributed by atoms with Crippen LogP contribution in [0.4, 0.5) is 0 Å². The molecule has 3 heterocycles. The van der Waals surface area contributed by atoms with Crippen LogP contribution < -0.4 is 0 Å². The van der Waals surface area contributed by atoms with Gasteiger partial charge in [-0.2, -0.15) is 0 Å². The van der Waals surface area contributed by atoms with Crippen LogP contribution in [0.2, 0.25) is 0 Å². The Hall–Kier alpha value is -0.640. The minimum atomic E-state index is -1.90. The summed E-state index contributed by atoms with van der Waals surface area (Å²) in [6.45, 7) is -2.34. The highest BCUT2D eigenvalue weighted by atomic mass is 16.7. The number of hydrogen-bond acceptors (Lipinski definition) is 16. The van der Waals surface area contributed by atoms with E-state index in [1.165, 1.54) is 0 Å². The topological polar surface area (TPSA) is 269 Å².